The van der Waals surface area contributed by atoms with E-state index in [2.05, 4.69) is 64.3 Å². The minimum atomic E-state index is 0.132. The van der Waals surface area contributed by atoms with Crippen LogP contribution in [0.2, 0.25) is 0 Å². The molecule has 0 unspecified atom stereocenters. The van der Waals surface area contributed by atoms with E-state index in [-0.39, 0.29) is 5.84 Å². The smallest absolute Gasteiger partial charge is 0.124 e. The second-order valence-electron chi connectivity index (χ2n) is 7.27. The van der Waals surface area contributed by atoms with E-state index in [1.807, 2.05) is 18.2 Å². The third-order valence-electron chi connectivity index (χ3n) is 5.40. The molecule has 0 radical (unpaired) electrons. The number of hydrogen-bond donors (Lipinski definition) is 4. The maximum Gasteiger partial charge on any atom is 0.124 e. The Hall–Kier alpha value is -2.94. The maximum atomic E-state index is 7.86. The van der Waals surface area contributed by atoms with Crippen molar-refractivity contribution in [3.63, 3.8) is 0 Å². The number of para-hydroxylation sites is 2. The summed E-state index contributed by atoms with van der Waals surface area (Å²) in [6.07, 6.45) is 0. The first-order valence-electron chi connectivity index (χ1n) is 9.69. The summed E-state index contributed by atoms with van der Waals surface area (Å²) in [5, 5.41) is 7.86. The fraction of sp³-hybridized carbons (Fsp3) is 0.333. The van der Waals surface area contributed by atoms with Crippen molar-refractivity contribution in [1.82, 2.24) is 14.5 Å². The van der Waals surface area contributed by atoms with Gasteiger partial charge in [-0.25, -0.2) is 4.98 Å². The molecule has 2 heterocycles. The number of piperazine rings is 1. The molecule has 0 aliphatic carbocycles. The lowest BCUT2D eigenvalue weighted by Gasteiger charge is -2.36. The first kappa shape index (κ1) is 20.8. The summed E-state index contributed by atoms with van der Waals surface area (Å²) >= 11 is 0. The van der Waals surface area contributed by atoms with Crippen LogP contribution < -0.4 is 22.3 Å². The first-order valence-corrected chi connectivity index (χ1v) is 9.69. The van der Waals surface area contributed by atoms with Crippen molar-refractivity contribution >= 4 is 22.6 Å². The highest BCUT2D eigenvalue weighted by molar-refractivity contribution is 6.00. The van der Waals surface area contributed by atoms with Gasteiger partial charge in [0.2, 0.25) is 0 Å². The summed E-state index contributed by atoms with van der Waals surface area (Å²) in [7, 11) is 2.09. The predicted octanol–water partition coefficient (Wildman–Crippen LogP) is 1.31. The number of imidazole rings is 1. The van der Waals surface area contributed by atoms with Crippen LogP contribution in [-0.2, 0) is 13.6 Å². The Morgan fingerprint density at radius 2 is 1.76 bits per heavy atom. The van der Waals surface area contributed by atoms with Crippen molar-refractivity contribution in [1.29, 1.82) is 5.41 Å². The number of benzene rings is 2. The van der Waals surface area contributed by atoms with Crippen LogP contribution in [0, 0.1) is 12.3 Å². The van der Waals surface area contributed by atoms with E-state index in [9.17, 15) is 0 Å². The van der Waals surface area contributed by atoms with Gasteiger partial charge in [-0.2, -0.15) is 0 Å². The van der Waals surface area contributed by atoms with E-state index in [1.165, 1.54) is 11.1 Å². The van der Waals surface area contributed by atoms with Crippen molar-refractivity contribution in [3.8, 4) is 0 Å². The summed E-state index contributed by atoms with van der Waals surface area (Å²) in [5.41, 5.74) is 11.1. The quantitative estimate of drug-likeness (QED) is 0.229. The number of aromatic nitrogens is 2. The van der Waals surface area contributed by atoms with Gasteiger partial charge in [0.25, 0.3) is 0 Å². The zero-order valence-corrected chi connectivity index (χ0v) is 17.1. The van der Waals surface area contributed by atoms with Crippen molar-refractivity contribution < 1.29 is 0 Å². The second kappa shape index (κ2) is 9.04. The molecule has 0 spiro atoms. The number of fused-ring (bicyclic) bond motifs is 1. The normalized spacial score (nSPS) is 14.6. The monoisotopic (exact) mass is 394 g/mol. The number of rotatable bonds is 4. The van der Waals surface area contributed by atoms with Gasteiger partial charge < -0.3 is 15.2 Å². The molecule has 0 atom stereocenters. The molecule has 7 N–H and O–H groups in total. The number of hydrogen-bond acceptors (Lipinski definition) is 6. The van der Waals surface area contributed by atoms with Gasteiger partial charge in [-0.05, 0) is 36.8 Å². The molecule has 0 bridgehead atoms. The highest BCUT2D eigenvalue weighted by Gasteiger charge is 2.21. The number of nitrogens with two attached hydrogens (primary N) is 3. The standard InChI is InChI=1S/C21H26N6.H4N2/c1-15-7-8-16(21(22)23)19(13-15)27-11-9-26(10-12-27)14-20-24-17-5-3-4-6-18(17)25(20)2;1-2/h3-8,13H,9-12,14H2,1-2H3,(H3,22,23);1-2H2. The van der Waals surface area contributed by atoms with Crippen LogP contribution in [0.1, 0.15) is 17.0 Å². The van der Waals surface area contributed by atoms with E-state index in [0.717, 1.165) is 55.3 Å². The van der Waals surface area contributed by atoms with Crippen LogP contribution >= 0.6 is 0 Å². The number of nitrogens with one attached hydrogen (secondary N) is 1. The molecule has 1 fully saturated rings. The van der Waals surface area contributed by atoms with Crippen molar-refractivity contribution in [2.45, 2.75) is 13.5 Å². The zero-order valence-electron chi connectivity index (χ0n) is 17.1. The summed E-state index contributed by atoms with van der Waals surface area (Å²) in [6.45, 7) is 6.71. The van der Waals surface area contributed by atoms with E-state index in [1.54, 1.807) is 0 Å². The number of amidine groups is 1. The Labute approximate surface area is 171 Å². The van der Waals surface area contributed by atoms with E-state index >= 15 is 0 Å². The molecule has 1 aliphatic heterocycles. The molecule has 8 nitrogen and oxygen atoms in total. The predicted molar refractivity (Wildman–Crippen MR) is 119 cm³/mol. The van der Waals surface area contributed by atoms with Crippen LogP contribution in [0.3, 0.4) is 0 Å². The molecule has 1 aromatic heterocycles. The fourth-order valence-electron chi connectivity index (χ4n) is 3.81. The molecular formula is C21H30N8. The third kappa shape index (κ3) is 4.40. The Kier molecular flexibility index (Phi) is 6.48. The Bertz CT molecular complexity index is 986. The highest BCUT2D eigenvalue weighted by Crippen LogP contribution is 2.24. The van der Waals surface area contributed by atoms with Gasteiger partial charge in [0, 0.05) is 44.5 Å². The molecule has 8 heteroatoms. The summed E-state index contributed by atoms with van der Waals surface area (Å²) in [6, 6.07) is 14.4. The minimum Gasteiger partial charge on any atom is -0.384 e. The zero-order chi connectivity index (χ0) is 21.0. The van der Waals surface area contributed by atoms with Gasteiger partial charge in [-0.3, -0.25) is 22.0 Å². The number of hydrazine groups is 1. The van der Waals surface area contributed by atoms with Crippen LogP contribution in [0.25, 0.3) is 11.0 Å². The summed E-state index contributed by atoms with van der Waals surface area (Å²) in [4.78, 5) is 9.58. The van der Waals surface area contributed by atoms with Gasteiger partial charge in [0.1, 0.15) is 11.7 Å². The van der Waals surface area contributed by atoms with Crippen LogP contribution in [0.5, 0.6) is 0 Å². The molecule has 154 valence electrons. The van der Waals surface area contributed by atoms with Gasteiger partial charge in [0.05, 0.1) is 17.6 Å². The molecular weight excluding hydrogens is 364 g/mol. The average molecular weight is 395 g/mol. The van der Waals surface area contributed by atoms with Gasteiger partial charge >= 0.3 is 0 Å². The molecule has 2 aromatic carbocycles. The van der Waals surface area contributed by atoms with Crippen LogP contribution in [0.15, 0.2) is 42.5 Å². The molecule has 0 amide bonds. The minimum absolute atomic E-state index is 0.132. The van der Waals surface area contributed by atoms with Crippen molar-refractivity contribution in [2.75, 3.05) is 31.1 Å². The highest BCUT2D eigenvalue weighted by atomic mass is 15.3. The van der Waals surface area contributed by atoms with E-state index in [0.29, 0.717) is 0 Å². The molecule has 29 heavy (non-hydrogen) atoms. The molecule has 3 aromatic rings. The topological polar surface area (TPSA) is 126 Å². The Balaban J connectivity index is 0.00000117. The lowest BCUT2D eigenvalue weighted by atomic mass is 10.1. The number of nitrogen functional groups attached to an aromatic ring is 1. The Morgan fingerprint density at radius 1 is 1.07 bits per heavy atom. The number of anilines is 1. The van der Waals surface area contributed by atoms with Crippen LogP contribution in [0.4, 0.5) is 5.69 Å². The van der Waals surface area contributed by atoms with Gasteiger partial charge in [-0.1, -0.05) is 18.2 Å². The molecule has 4 rings (SSSR count). The van der Waals surface area contributed by atoms with Crippen molar-refractivity contribution in [2.24, 2.45) is 24.5 Å². The average Bonchev–Trinajstić information content (AvgIpc) is 3.05. The number of nitrogens with zero attached hydrogens (tertiary/aromatic N) is 4. The second-order valence-corrected chi connectivity index (χ2v) is 7.27. The lowest BCUT2D eigenvalue weighted by molar-refractivity contribution is 0.242. The lowest BCUT2D eigenvalue weighted by Crippen LogP contribution is -2.46. The first-order chi connectivity index (χ1) is 14.0. The summed E-state index contributed by atoms with van der Waals surface area (Å²) in [5.74, 6) is 9.23. The third-order valence-corrected chi connectivity index (χ3v) is 5.40. The fourth-order valence-corrected chi connectivity index (χ4v) is 3.81. The van der Waals surface area contributed by atoms with Gasteiger partial charge in [-0.15, -0.1) is 0 Å². The van der Waals surface area contributed by atoms with Crippen molar-refractivity contribution in [3.05, 3.63) is 59.4 Å². The molecule has 1 saturated heterocycles. The summed E-state index contributed by atoms with van der Waals surface area (Å²) < 4.78 is 2.19. The largest absolute Gasteiger partial charge is 0.384 e. The van der Waals surface area contributed by atoms with Crippen LogP contribution in [-0.4, -0.2) is 46.5 Å². The SMILES string of the molecule is Cc1ccc(C(=N)N)c(N2CCN(Cc3nc4ccccc4n3C)CC2)c1.NN. The Morgan fingerprint density at radius 3 is 2.41 bits per heavy atom. The van der Waals surface area contributed by atoms with Gasteiger partial charge in [0.15, 0.2) is 0 Å². The maximum absolute atomic E-state index is 7.86. The number of aryl methyl sites for hydroxylation is 2. The molecule has 1 aliphatic rings. The molecule has 0 saturated carbocycles. The van der Waals surface area contributed by atoms with E-state index in [4.69, 9.17) is 16.1 Å². The van der Waals surface area contributed by atoms with E-state index < -0.39 is 0 Å².